The highest BCUT2D eigenvalue weighted by Gasteiger charge is 2.59. The van der Waals surface area contributed by atoms with Crippen LogP contribution in [0.4, 0.5) is 14.7 Å². The van der Waals surface area contributed by atoms with Crippen LogP contribution in [0.3, 0.4) is 0 Å². The Hall–Kier alpha value is -3.33. The molecule has 1 aliphatic carbocycles. The minimum Gasteiger partial charge on any atom is -0.342 e. The van der Waals surface area contributed by atoms with E-state index in [1.165, 1.54) is 41.1 Å². The smallest absolute Gasteiger partial charge is 0.255 e. The van der Waals surface area contributed by atoms with Crippen LogP contribution in [0.5, 0.6) is 0 Å². The van der Waals surface area contributed by atoms with Crippen molar-refractivity contribution in [3.05, 3.63) is 75.3 Å². The lowest BCUT2D eigenvalue weighted by Gasteiger charge is -2.26. The van der Waals surface area contributed by atoms with Crippen LogP contribution < -0.4 is 10.5 Å². The molecule has 7 nitrogen and oxygen atoms in total. The number of benzene rings is 1. The molecule has 2 fully saturated rings. The molecule has 2 aliphatic rings. The van der Waals surface area contributed by atoms with E-state index in [1.807, 2.05) is 11.9 Å². The summed E-state index contributed by atoms with van der Waals surface area (Å²) >= 11 is 5.81. The van der Waals surface area contributed by atoms with E-state index in [0.717, 1.165) is 6.20 Å². The fourth-order valence-corrected chi connectivity index (χ4v) is 4.92. The number of hydrogen-bond donors (Lipinski definition) is 0. The number of halogens is 3. The van der Waals surface area contributed by atoms with Crippen molar-refractivity contribution in [2.45, 2.75) is 6.04 Å². The topological polar surface area (TPSA) is 71.3 Å². The zero-order chi connectivity index (χ0) is 23.4. The number of carbonyl (C=O) groups is 1. The van der Waals surface area contributed by atoms with E-state index in [9.17, 15) is 18.4 Å². The molecule has 0 N–H and O–H groups in total. The Bertz CT molecular complexity index is 1320. The number of amides is 1. The maximum absolute atomic E-state index is 14.2. The molecule has 0 radical (unpaired) electrons. The summed E-state index contributed by atoms with van der Waals surface area (Å²) in [5.74, 6) is -0.444. The van der Waals surface area contributed by atoms with Crippen molar-refractivity contribution in [2.24, 2.45) is 18.9 Å². The molecule has 33 heavy (non-hydrogen) atoms. The summed E-state index contributed by atoms with van der Waals surface area (Å²) < 4.78 is 29.1. The highest BCUT2D eigenvalue weighted by atomic mass is 35.5. The number of fused-ring (bicyclic) bond motifs is 1. The van der Waals surface area contributed by atoms with Crippen LogP contribution in [0.1, 0.15) is 10.4 Å². The summed E-state index contributed by atoms with van der Waals surface area (Å²) in [5.41, 5.74) is 0.510. The van der Waals surface area contributed by atoms with Crippen molar-refractivity contribution in [3.63, 3.8) is 0 Å². The first-order chi connectivity index (χ1) is 15.8. The summed E-state index contributed by atoms with van der Waals surface area (Å²) in [4.78, 5) is 37.3. The molecule has 3 aromatic rings. The molecule has 1 saturated heterocycles. The van der Waals surface area contributed by atoms with Crippen molar-refractivity contribution in [1.82, 2.24) is 19.4 Å². The van der Waals surface area contributed by atoms with Gasteiger partial charge in [-0.2, -0.15) is 0 Å². The van der Waals surface area contributed by atoms with Gasteiger partial charge in [0.2, 0.25) is 5.95 Å². The number of rotatable bonds is 4. The zero-order valence-corrected chi connectivity index (χ0v) is 18.6. The number of aromatic nitrogens is 3. The van der Waals surface area contributed by atoms with Crippen LogP contribution in [0, 0.1) is 23.5 Å². The highest BCUT2D eigenvalue weighted by molar-refractivity contribution is 6.31. The summed E-state index contributed by atoms with van der Waals surface area (Å²) in [6.45, 7) is 1.08. The average molecular weight is 472 g/mol. The van der Waals surface area contributed by atoms with Crippen molar-refractivity contribution >= 4 is 23.5 Å². The molecule has 0 spiro atoms. The third-order valence-corrected chi connectivity index (χ3v) is 6.81. The molecule has 1 aliphatic heterocycles. The van der Waals surface area contributed by atoms with Gasteiger partial charge in [0.05, 0.1) is 16.9 Å². The molecule has 0 unspecified atom stereocenters. The third-order valence-electron chi connectivity index (χ3n) is 6.52. The summed E-state index contributed by atoms with van der Waals surface area (Å²) in [7, 11) is 3.48. The van der Waals surface area contributed by atoms with Crippen LogP contribution in [0.15, 0.2) is 47.5 Å². The molecule has 1 amide bonds. The fourth-order valence-electron chi connectivity index (χ4n) is 4.74. The Labute approximate surface area is 193 Å². The number of piperidine rings is 1. The van der Waals surface area contributed by atoms with E-state index in [0.29, 0.717) is 24.6 Å². The predicted octanol–water partition coefficient (Wildman–Crippen LogP) is 2.98. The maximum atomic E-state index is 14.2. The lowest BCUT2D eigenvalue weighted by Crippen LogP contribution is -2.38. The second-order valence-electron chi connectivity index (χ2n) is 8.46. The number of anilines is 1. The van der Waals surface area contributed by atoms with Gasteiger partial charge in [0.15, 0.2) is 5.82 Å². The molecule has 3 atom stereocenters. The lowest BCUT2D eigenvalue weighted by molar-refractivity contribution is 0.0772. The molecule has 3 heterocycles. The number of nitrogens with zero attached hydrogens (tertiary/aromatic N) is 5. The minimum atomic E-state index is -0.564. The quantitative estimate of drug-likeness (QED) is 0.585. The zero-order valence-electron chi connectivity index (χ0n) is 17.9. The normalized spacial score (nSPS) is 21.1. The second-order valence-corrected chi connectivity index (χ2v) is 8.87. The number of hydrogen-bond acceptors (Lipinski definition) is 5. The Kier molecular flexibility index (Phi) is 5.16. The van der Waals surface area contributed by atoms with Crippen LogP contribution in [-0.2, 0) is 7.05 Å². The highest BCUT2D eigenvalue weighted by Crippen LogP contribution is 2.49. The summed E-state index contributed by atoms with van der Waals surface area (Å²) in [5, 5.41) is -0.0830. The monoisotopic (exact) mass is 471 g/mol. The van der Waals surface area contributed by atoms with Gasteiger partial charge in [0.1, 0.15) is 5.82 Å². The molecule has 2 aromatic heterocycles. The van der Waals surface area contributed by atoms with Gasteiger partial charge in [-0.1, -0.05) is 11.6 Å². The van der Waals surface area contributed by atoms with E-state index in [4.69, 9.17) is 11.6 Å². The van der Waals surface area contributed by atoms with E-state index < -0.39 is 11.6 Å². The number of pyridine rings is 1. The van der Waals surface area contributed by atoms with E-state index in [1.54, 1.807) is 11.9 Å². The van der Waals surface area contributed by atoms with Gasteiger partial charge in [0.25, 0.3) is 11.5 Å². The van der Waals surface area contributed by atoms with Gasteiger partial charge in [-0.25, -0.2) is 13.8 Å². The first-order valence-corrected chi connectivity index (χ1v) is 10.8. The second kappa shape index (κ2) is 7.91. The minimum absolute atomic E-state index is 0.0830. The van der Waals surface area contributed by atoms with Crippen molar-refractivity contribution in [3.8, 4) is 11.3 Å². The molecule has 1 saturated carbocycles. The van der Waals surface area contributed by atoms with Crippen molar-refractivity contribution in [2.75, 3.05) is 25.0 Å². The first-order valence-electron chi connectivity index (χ1n) is 10.4. The van der Waals surface area contributed by atoms with Gasteiger partial charge in [-0.05, 0) is 24.3 Å². The van der Waals surface area contributed by atoms with Crippen molar-refractivity contribution < 1.29 is 13.6 Å². The van der Waals surface area contributed by atoms with Crippen LogP contribution in [-0.4, -0.2) is 51.5 Å². The summed E-state index contributed by atoms with van der Waals surface area (Å²) in [6.07, 6.45) is 2.54. The largest absolute Gasteiger partial charge is 0.342 e. The SMILES string of the molecule is CN(c1nc(-c2ccncc2F)cc(=O)n1C)[C@H]1[C@@H]2CN(C(=O)c3ccc(F)c(Cl)c3)C[C@@H]21. The average Bonchev–Trinajstić information content (AvgIpc) is 3.29. The number of carbonyl (C=O) groups excluding carboxylic acids is 1. The predicted molar refractivity (Wildman–Crippen MR) is 119 cm³/mol. The van der Waals surface area contributed by atoms with Gasteiger partial charge >= 0.3 is 0 Å². The van der Waals surface area contributed by atoms with E-state index in [2.05, 4.69) is 9.97 Å². The Morgan fingerprint density at radius 1 is 1.15 bits per heavy atom. The Morgan fingerprint density at radius 2 is 1.88 bits per heavy atom. The van der Waals surface area contributed by atoms with Crippen molar-refractivity contribution in [1.29, 1.82) is 0 Å². The molecular weight excluding hydrogens is 452 g/mol. The van der Waals surface area contributed by atoms with E-state index in [-0.39, 0.29) is 45.6 Å². The molecule has 1 aromatic carbocycles. The molecule has 10 heteroatoms. The number of likely N-dealkylation sites (tertiary alicyclic amines) is 1. The standard InChI is InChI=1S/C23H20ClF2N5O2/c1-29-20(32)8-19(13-5-6-27-9-18(13)26)28-23(29)30(2)21-14-10-31(11-15(14)21)22(33)12-3-4-17(25)16(24)7-12/h3-9,14-15,21H,10-11H2,1-2H3/t14-,15+,21+. The van der Waals surface area contributed by atoms with Crippen LogP contribution >= 0.6 is 11.6 Å². The Balaban J connectivity index is 1.34. The van der Waals surface area contributed by atoms with Gasteiger partial charge in [-0.3, -0.25) is 19.1 Å². The molecular formula is C23H20ClF2N5O2. The molecule has 170 valence electrons. The maximum Gasteiger partial charge on any atom is 0.255 e. The first kappa shape index (κ1) is 21.5. The molecule has 5 rings (SSSR count). The van der Waals surface area contributed by atoms with E-state index >= 15 is 0 Å². The fraction of sp³-hybridized carbons (Fsp3) is 0.304. The Morgan fingerprint density at radius 3 is 2.55 bits per heavy atom. The molecule has 0 bridgehead atoms. The van der Waals surface area contributed by atoms with Crippen LogP contribution in [0.2, 0.25) is 5.02 Å². The van der Waals surface area contributed by atoms with Crippen LogP contribution in [0.25, 0.3) is 11.3 Å². The van der Waals surface area contributed by atoms with Gasteiger partial charge in [0, 0.05) is 68.5 Å². The van der Waals surface area contributed by atoms with Gasteiger partial charge < -0.3 is 9.80 Å². The third kappa shape index (κ3) is 3.66. The lowest BCUT2D eigenvalue weighted by atomic mass is 10.2. The summed E-state index contributed by atoms with van der Waals surface area (Å²) in [6, 6.07) is 6.85. The van der Waals surface area contributed by atoms with Gasteiger partial charge in [-0.15, -0.1) is 0 Å².